The van der Waals surface area contributed by atoms with Crippen LogP contribution in [0.3, 0.4) is 0 Å². The van der Waals surface area contributed by atoms with Gasteiger partial charge in [0.25, 0.3) is 0 Å². The third-order valence-electron chi connectivity index (χ3n) is 2.30. The van der Waals surface area contributed by atoms with Crippen LogP contribution in [0, 0.1) is 0 Å². The molecule has 19 heavy (non-hydrogen) atoms. The number of carbonyl (C=O) groups is 2. The third-order valence-corrected chi connectivity index (χ3v) is 2.30. The van der Waals surface area contributed by atoms with Gasteiger partial charge in [0.05, 0.1) is 5.56 Å². The van der Waals surface area contributed by atoms with Crippen molar-refractivity contribution < 1.29 is 19.1 Å². The Morgan fingerprint density at radius 1 is 0.895 bits per heavy atom. The van der Waals surface area contributed by atoms with E-state index in [1.54, 1.807) is 48.5 Å². The number of carbonyl (C=O) groups excluding carboxylic acids is 2. The van der Waals surface area contributed by atoms with Crippen molar-refractivity contribution in [1.29, 1.82) is 0 Å². The molecule has 0 radical (unpaired) electrons. The summed E-state index contributed by atoms with van der Waals surface area (Å²) in [6, 6.07) is 14.6. The molecule has 2 rings (SSSR count). The molecular weight excluding hydrogens is 246 g/mol. The smallest absolute Gasteiger partial charge is 0.398 e. The number of hydrogen-bond donors (Lipinski definition) is 1. The zero-order valence-electron chi connectivity index (χ0n) is 9.91. The van der Waals surface area contributed by atoms with Crippen LogP contribution in [0.1, 0.15) is 10.4 Å². The number of anilines is 1. The van der Waals surface area contributed by atoms with Crippen molar-refractivity contribution in [1.82, 2.24) is 0 Å². The molecule has 2 aromatic rings. The fourth-order valence-corrected chi connectivity index (χ4v) is 1.42. The number of ether oxygens (including phenoxy) is 2. The molecule has 0 saturated carbocycles. The van der Waals surface area contributed by atoms with Gasteiger partial charge in [-0.2, -0.15) is 0 Å². The highest BCUT2D eigenvalue weighted by Gasteiger charge is 2.16. The highest BCUT2D eigenvalue weighted by Crippen LogP contribution is 2.13. The van der Waals surface area contributed by atoms with Gasteiger partial charge in [-0.05, 0) is 24.3 Å². The number of para-hydroxylation sites is 2. The first kappa shape index (κ1) is 12.6. The summed E-state index contributed by atoms with van der Waals surface area (Å²) in [6.45, 7) is 0. The van der Waals surface area contributed by atoms with Crippen LogP contribution < -0.4 is 10.5 Å². The van der Waals surface area contributed by atoms with Crippen molar-refractivity contribution in [2.24, 2.45) is 0 Å². The van der Waals surface area contributed by atoms with E-state index in [1.807, 2.05) is 0 Å². The average molecular weight is 257 g/mol. The minimum absolute atomic E-state index is 0.118. The van der Waals surface area contributed by atoms with Gasteiger partial charge in [-0.15, -0.1) is 0 Å². The van der Waals surface area contributed by atoms with E-state index in [0.29, 0.717) is 5.75 Å². The van der Waals surface area contributed by atoms with Crippen LogP contribution in [0.2, 0.25) is 0 Å². The van der Waals surface area contributed by atoms with E-state index in [0.717, 1.165) is 0 Å². The Kier molecular flexibility index (Phi) is 3.78. The van der Waals surface area contributed by atoms with Gasteiger partial charge in [0, 0.05) is 5.69 Å². The molecule has 0 amide bonds. The van der Waals surface area contributed by atoms with Gasteiger partial charge < -0.3 is 15.2 Å². The Morgan fingerprint density at radius 2 is 1.53 bits per heavy atom. The lowest BCUT2D eigenvalue weighted by atomic mass is 10.2. The minimum Gasteiger partial charge on any atom is -0.398 e. The summed E-state index contributed by atoms with van der Waals surface area (Å²) in [4.78, 5) is 23.1. The Balaban J connectivity index is 2.00. The monoisotopic (exact) mass is 257 g/mol. The molecule has 0 fully saturated rings. The van der Waals surface area contributed by atoms with Gasteiger partial charge in [-0.1, -0.05) is 30.3 Å². The fraction of sp³-hybridized carbons (Fsp3) is 0. The molecule has 5 heteroatoms. The number of nitrogen functional groups attached to an aromatic ring is 1. The molecule has 0 aliphatic carbocycles. The van der Waals surface area contributed by atoms with Gasteiger partial charge in [0.2, 0.25) is 0 Å². The molecular formula is C14H11NO4. The summed E-state index contributed by atoms with van der Waals surface area (Å²) in [5.74, 6) is -0.555. The lowest BCUT2D eigenvalue weighted by Crippen LogP contribution is -2.17. The van der Waals surface area contributed by atoms with E-state index < -0.39 is 12.1 Å². The van der Waals surface area contributed by atoms with Crippen LogP contribution in [0.5, 0.6) is 5.75 Å². The van der Waals surface area contributed by atoms with Crippen molar-refractivity contribution >= 4 is 17.8 Å². The summed E-state index contributed by atoms with van der Waals surface area (Å²) in [6.07, 6.45) is -1.10. The van der Waals surface area contributed by atoms with Gasteiger partial charge in [0.15, 0.2) is 0 Å². The van der Waals surface area contributed by atoms with Gasteiger partial charge in [0.1, 0.15) is 5.75 Å². The molecule has 2 N–H and O–H groups in total. The minimum atomic E-state index is -1.10. The van der Waals surface area contributed by atoms with Gasteiger partial charge in [-0.25, -0.2) is 9.59 Å². The van der Waals surface area contributed by atoms with E-state index in [-0.39, 0.29) is 11.3 Å². The van der Waals surface area contributed by atoms with E-state index >= 15 is 0 Å². The van der Waals surface area contributed by atoms with Crippen molar-refractivity contribution in [2.45, 2.75) is 0 Å². The largest absolute Gasteiger partial charge is 0.521 e. The number of rotatable bonds is 2. The second-order valence-electron chi connectivity index (χ2n) is 3.64. The predicted octanol–water partition coefficient (Wildman–Crippen LogP) is 2.62. The SMILES string of the molecule is Nc1ccccc1C(=O)OC(=O)Oc1ccccc1. The van der Waals surface area contributed by atoms with Crippen molar-refractivity contribution in [3.8, 4) is 5.75 Å². The zero-order valence-corrected chi connectivity index (χ0v) is 9.91. The summed E-state index contributed by atoms with van der Waals surface area (Å²) < 4.78 is 9.36. The Hall–Kier alpha value is -2.82. The van der Waals surface area contributed by atoms with E-state index in [9.17, 15) is 9.59 Å². The van der Waals surface area contributed by atoms with Crippen LogP contribution in [0.25, 0.3) is 0 Å². The van der Waals surface area contributed by atoms with Crippen LogP contribution in [0.15, 0.2) is 54.6 Å². The van der Waals surface area contributed by atoms with E-state index in [2.05, 4.69) is 4.74 Å². The standard InChI is InChI=1S/C14H11NO4/c15-12-9-5-4-8-11(12)13(16)19-14(17)18-10-6-2-1-3-7-10/h1-9H,15H2. The van der Waals surface area contributed by atoms with Crippen LogP contribution in [-0.4, -0.2) is 12.1 Å². The second kappa shape index (κ2) is 5.68. The number of benzene rings is 2. The van der Waals surface area contributed by atoms with E-state index in [4.69, 9.17) is 10.5 Å². The second-order valence-corrected chi connectivity index (χ2v) is 3.64. The van der Waals surface area contributed by atoms with Crippen LogP contribution >= 0.6 is 0 Å². The summed E-state index contributed by atoms with van der Waals surface area (Å²) in [7, 11) is 0. The third kappa shape index (κ3) is 3.32. The van der Waals surface area contributed by atoms with E-state index in [1.165, 1.54) is 6.07 Å². The fourth-order valence-electron chi connectivity index (χ4n) is 1.42. The molecule has 5 nitrogen and oxygen atoms in total. The molecule has 0 spiro atoms. The number of esters is 1. The molecule has 96 valence electrons. The normalized spacial score (nSPS) is 9.68. The lowest BCUT2D eigenvalue weighted by Gasteiger charge is -2.05. The molecule has 0 atom stereocenters. The first-order chi connectivity index (χ1) is 9.16. The van der Waals surface area contributed by atoms with Crippen LogP contribution in [0.4, 0.5) is 10.5 Å². The van der Waals surface area contributed by atoms with Crippen molar-refractivity contribution in [3.05, 3.63) is 60.2 Å². The highest BCUT2D eigenvalue weighted by atomic mass is 16.7. The quantitative estimate of drug-likeness (QED) is 0.387. The maximum atomic E-state index is 11.7. The Morgan fingerprint density at radius 3 is 2.21 bits per heavy atom. The summed E-state index contributed by atoms with van der Waals surface area (Å²) in [5, 5.41) is 0. The maximum Gasteiger partial charge on any atom is 0.521 e. The molecule has 0 aliphatic rings. The molecule has 0 unspecified atom stereocenters. The summed E-state index contributed by atoms with van der Waals surface area (Å²) >= 11 is 0. The predicted molar refractivity (Wildman–Crippen MR) is 68.7 cm³/mol. The molecule has 0 heterocycles. The molecule has 2 aromatic carbocycles. The first-order valence-electron chi connectivity index (χ1n) is 5.50. The first-order valence-corrected chi connectivity index (χ1v) is 5.50. The molecule has 0 saturated heterocycles. The lowest BCUT2D eigenvalue weighted by molar-refractivity contribution is 0.0531. The molecule has 0 aromatic heterocycles. The molecule has 0 bridgehead atoms. The average Bonchev–Trinajstić information content (AvgIpc) is 2.40. The Bertz CT molecular complexity index is 595. The van der Waals surface area contributed by atoms with Gasteiger partial charge >= 0.3 is 12.1 Å². The van der Waals surface area contributed by atoms with Crippen LogP contribution in [-0.2, 0) is 4.74 Å². The zero-order chi connectivity index (χ0) is 13.7. The van der Waals surface area contributed by atoms with Crippen molar-refractivity contribution in [3.63, 3.8) is 0 Å². The summed E-state index contributed by atoms with van der Waals surface area (Å²) in [5.41, 5.74) is 5.95. The molecule has 0 aliphatic heterocycles. The number of hydrogen-bond acceptors (Lipinski definition) is 5. The number of nitrogens with two attached hydrogens (primary N) is 1. The highest BCUT2D eigenvalue weighted by molar-refractivity contribution is 5.99. The van der Waals surface area contributed by atoms with Gasteiger partial charge in [-0.3, -0.25) is 0 Å². The Labute approximate surface area is 109 Å². The van der Waals surface area contributed by atoms with Crippen molar-refractivity contribution in [2.75, 3.05) is 5.73 Å². The maximum absolute atomic E-state index is 11.7. The topological polar surface area (TPSA) is 78.6 Å².